The van der Waals surface area contributed by atoms with Gasteiger partial charge in [0.15, 0.2) is 0 Å². The summed E-state index contributed by atoms with van der Waals surface area (Å²) in [5, 5.41) is 2.42. The van der Waals surface area contributed by atoms with Crippen LogP contribution in [0.5, 0.6) is 0 Å². The van der Waals surface area contributed by atoms with E-state index in [2.05, 4.69) is 246 Å². The first kappa shape index (κ1) is 44.5. The summed E-state index contributed by atoms with van der Waals surface area (Å²) in [6, 6.07) is 49.8. The molecule has 4 aliphatic carbocycles. The minimum Gasteiger partial charge on any atom is -0.330 e. The number of nitrogens with zero attached hydrogens (tertiary/aromatic N) is 3. The maximum atomic E-state index is 5.73. The van der Waals surface area contributed by atoms with Crippen molar-refractivity contribution >= 4 is 56.3 Å². The molecule has 6 aromatic carbocycles. The van der Waals surface area contributed by atoms with E-state index in [1.165, 1.54) is 66.5 Å². The molecule has 1 heterocycles. The molecule has 0 saturated heterocycles. The number of fused-ring (bicyclic) bond motifs is 12. The van der Waals surface area contributed by atoms with Crippen LogP contribution in [0.2, 0.25) is 0 Å². The van der Waals surface area contributed by atoms with E-state index in [0.717, 1.165) is 41.1 Å². The van der Waals surface area contributed by atoms with Gasteiger partial charge in [0, 0.05) is 51.7 Å². The molecule has 0 amide bonds. The van der Waals surface area contributed by atoms with Crippen molar-refractivity contribution in [1.82, 2.24) is 4.57 Å². The number of aromatic nitrogens is 1. The number of hydrogen-bond acceptors (Lipinski definition) is 2. The van der Waals surface area contributed by atoms with Crippen LogP contribution >= 0.6 is 0 Å². The van der Waals surface area contributed by atoms with Crippen LogP contribution < -0.4 is 9.80 Å². The van der Waals surface area contributed by atoms with E-state index >= 15 is 0 Å². The number of benzene rings is 6. The number of allylic oxidation sites excluding steroid dienone is 15. The third-order valence-electron chi connectivity index (χ3n) is 13.8. The van der Waals surface area contributed by atoms with Gasteiger partial charge in [-0.25, -0.2) is 0 Å². The lowest BCUT2D eigenvalue weighted by Gasteiger charge is -2.35. The van der Waals surface area contributed by atoms with Gasteiger partial charge in [-0.15, -0.1) is 12.3 Å². The van der Waals surface area contributed by atoms with Gasteiger partial charge in [0.2, 0.25) is 0 Å². The van der Waals surface area contributed by atoms with Crippen LogP contribution in [0.3, 0.4) is 0 Å². The molecule has 1 unspecified atom stereocenters. The van der Waals surface area contributed by atoms with Gasteiger partial charge in [0.25, 0.3) is 0 Å². The molecular formula is C66H57N3. The van der Waals surface area contributed by atoms with Gasteiger partial charge in [-0.2, -0.15) is 0 Å². The Kier molecular flexibility index (Phi) is 12.6. The standard InChI is InChI=1S/C64H51N3.C2H6/c1-4-7-9-24-43-65-60-37-23-20-32-53(60)55-44-49(40-42-61(55)65)67(48-29-14-10-11-15-30-48)62-38-25-36-58-63(62)54-33-19-22-35-57(54)64(58)56-34-21-18-31-51(56)52-41-39-50(45-59(52)64)66(47-27-16-12-17-28-47)46(6-3)26-13-8-5-2;1-2/h2,4,6-7,9-20,22-33,35-45,48H,1,8,21,34H2,3H3;1-2H3/b9-7-,26-13-,43-24-,46-6+;. The Morgan fingerprint density at radius 1 is 0.725 bits per heavy atom. The lowest BCUT2D eigenvalue weighted by Crippen LogP contribution is -2.30. The summed E-state index contributed by atoms with van der Waals surface area (Å²) >= 11 is 0. The monoisotopic (exact) mass is 891 g/mol. The van der Waals surface area contributed by atoms with Crippen LogP contribution in [0.25, 0.3) is 44.7 Å². The first-order valence-corrected chi connectivity index (χ1v) is 24.4. The molecule has 7 aromatic rings. The van der Waals surface area contributed by atoms with Crippen molar-refractivity contribution < 1.29 is 0 Å². The van der Waals surface area contributed by atoms with E-state index in [-0.39, 0.29) is 6.04 Å². The van der Waals surface area contributed by atoms with Crippen LogP contribution in [0.15, 0.2) is 242 Å². The highest BCUT2D eigenvalue weighted by Gasteiger charge is 2.53. The molecule has 0 fully saturated rings. The highest BCUT2D eigenvalue weighted by atomic mass is 15.2. The quantitative estimate of drug-likeness (QED) is 0.0947. The zero-order valence-corrected chi connectivity index (χ0v) is 39.8. The van der Waals surface area contributed by atoms with Crippen molar-refractivity contribution in [3.8, 4) is 23.5 Å². The summed E-state index contributed by atoms with van der Waals surface area (Å²) in [4.78, 5) is 4.93. The van der Waals surface area contributed by atoms with Gasteiger partial charge in [0.1, 0.15) is 0 Å². The Morgan fingerprint density at radius 3 is 2.29 bits per heavy atom. The predicted octanol–water partition coefficient (Wildman–Crippen LogP) is 17.3. The topological polar surface area (TPSA) is 11.4 Å². The Balaban J connectivity index is 0.00000273. The highest BCUT2D eigenvalue weighted by molar-refractivity contribution is 6.11. The summed E-state index contributed by atoms with van der Waals surface area (Å²) in [6.07, 6.45) is 42.7. The van der Waals surface area contributed by atoms with E-state index in [1.54, 1.807) is 6.08 Å². The van der Waals surface area contributed by atoms with Gasteiger partial charge in [-0.1, -0.05) is 178 Å². The summed E-state index contributed by atoms with van der Waals surface area (Å²) in [6.45, 7) is 9.96. The predicted molar refractivity (Wildman–Crippen MR) is 297 cm³/mol. The fraction of sp³-hybridized carbons (Fsp3) is 0.121. The van der Waals surface area contributed by atoms with Crippen molar-refractivity contribution in [2.45, 2.75) is 51.5 Å². The highest BCUT2D eigenvalue weighted by Crippen LogP contribution is 2.65. The molecule has 3 nitrogen and oxygen atoms in total. The average Bonchev–Trinajstić information content (AvgIpc) is 3.88. The lowest BCUT2D eigenvalue weighted by molar-refractivity contribution is 0.714. The third kappa shape index (κ3) is 7.50. The second-order valence-electron chi connectivity index (χ2n) is 17.3. The van der Waals surface area contributed by atoms with Crippen molar-refractivity contribution in [2.24, 2.45) is 0 Å². The molecular weight excluding hydrogens is 835 g/mol. The molecule has 0 aliphatic heterocycles. The van der Waals surface area contributed by atoms with Crippen LogP contribution in [-0.2, 0) is 5.41 Å². The van der Waals surface area contributed by atoms with Crippen LogP contribution in [0, 0.1) is 12.3 Å². The third-order valence-corrected chi connectivity index (χ3v) is 13.8. The fourth-order valence-corrected chi connectivity index (χ4v) is 11.2. The van der Waals surface area contributed by atoms with Gasteiger partial charge in [0.05, 0.1) is 28.2 Å². The molecule has 0 bridgehead atoms. The minimum atomic E-state index is -0.503. The molecule has 4 aliphatic rings. The van der Waals surface area contributed by atoms with E-state index in [0.29, 0.717) is 6.42 Å². The van der Waals surface area contributed by atoms with Crippen molar-refractivity contribution in [2.75, 3.05) is 9.80 Å². The smallest absolute Gasteiger partial charge is 0.0712 e. The number of anilines is 4. The molecule has 3 heteroatoms. The van der Waals surface area contributed by atoms with Crippen LogP contribution in [0.1, 0.15) is 62.3 Å². The van der Waals surface area contributed by atoms with Crippen LogP contribution in [-0.4, -0.2) is 10.6 Å². The molecule has 0 N–H and O–H groups in total. The largest absolute Gasteiger partial charge is 0.330 e. The Hall–Kier alpha value is -8.32. The van der Waals surface area contributed by atoms with E-state index in [9.17, 15) is 0 Å². The Morgan fingerprint density at radius 2 is 1.48 bits per heavy atom. The average molecular weight is 892 g/mol. The van der Waals surface area contributed by atoms with Gasteiger partial charge in [-0.3, -0.25) is 0 Å². The molecule has 1 atom stereocenters. The molecule has 336 valence electrons. The van der Waals surface area contributed by atoms with Crippen molar-refractivity contribution in [1.29, 1.82) is 0 Å². The first-order chi connectivity index (χ1) is 34.2. The summed E-state index contributed by atoms with van der Waals surface area (Å²) in [5.41, 5.74) is 18.1. The Labute approximate surface area is 408 Å². The minimum absolute atomic E-state index is 0.0592. The zero-order chi connectivity index (χ0) is 47.3. The normalized spacial score (nSPS) is 16.8. The van der Waals surface area contributed by atoms with Crippen molar-refractivity contribution in [3.63, 3.8) is 0 Å². The zero-order valence-electron chi connectivity index (χ0n) is 39.8. The van der Waals surface area contributed by atoms with E-state index in [1.807, 2.05) is 26.0 Å². The number of rotatable bonds is 11. The summed E-state index contributed by atoms with van der Waals surface area (Å²) in [7, 11) is 0. The number of para-hydroxylation sites is 2. The SMILES string of the molecule is C#CC/C=C\C(=C/C)N(c1ccccc1)c1ccc2c(c1)C1(C3=C2C=CCC3)c2ccccc2-c2c(N(c3ccc4c(c3)c3ccccc3n4/C=C\C=C/C=C)C3C=CC=CC=C3)cccc21.CC. The molecule has 0 saturated carbocycles. The first-order valence-electron chi connectivity index (χ1n) is 24.4. The van der Waals surface area contributed by atoms with Gasteiger partial charge in [-0.05, 0) is 125 Å². The molecule has 0 radical (unpaired) electrons. The van der Waals surface area contributed by atoms with Crippen LogP contribution in [0.4, 0.5) is 22.7 Å². The van der Waals surface area contributed by atoms with Gasteiger partial charge < -0.3 is 14.4 Å². The van der Waals surface area contributed by atoms with Crippen molar-refractivity contribution in [3.05, 3.63) is 265 Å². The van der Waals surface area contributed by atoms with E-state index in [4.69, 9.17) is 6.42 Å². The molecule has 11 rings (SSSR count). The maximum absolute atomic E-state index is 5.73. The fourth-order valence-electron chi connectivity index (χ4n) is 11.2. The Bertz CT molecular complexity index is 3420. The summed E-state index contributed by atoms with van der Waals surface area (Å²) < 4.78 is 2.30. The molecule has 69 heavy (non-hydrogen) atoms. The summed E-state index contributed by atoms with van der Waals surface area (Å²) in [5.74, 6) is 2.79. The second-order valence-corrected chi connectivity index (χ2v) is 17.3. The number of terminal acetylenes is 1. The molecule has 1 aromatic heterocycles. The lowest BCUT2D eigenvalue weighted by atomic mass is 9.68. The second kappa shape index (κ2) is 19.5. The molecule has 1 spiro atoms. The van der Waals surface area contributed by atoms with E-state index < -0.39 is 5.41 Å². The maximum Gasteiger partial charge on any atom is 0.0712 e. The number of hydrogen-bond donors (Lipinski definition) is 0. The van der Waals surface area contributed by atoms with Gasteiger partial charge >= 0.3 is 0 Å².